The topological polar surface area (TPSA) is 64.3 Å². The van der Waals surface area contributed by atoms with E-state index in [0.29, 0.717) is 29.5 Å². The van der Waals surface area contributed by atoms with Crippen LogP contribution in [-0.4, -0.2) is 10.9 Å². The summed E-state index contributed by atoms with van der Waals surface area (Å²) in [5, 5.41) is 2.85. The molecule has 0 fully saturated rings. The first-order valence-corrected chi connectivity index (χ1v) is 6.95. The number of rotatable bonds is 3. The summed E-state index contributed by atoms with van der Waals surface area (Å²) in [6, 6.07) is 12.8. The lowest BCUT2D eigenvalue weighted by Gasteiger charge is -2.08. The SMILES string of the molecule is NC(=S)c1cccc(NC(=O)c2ccc3c(c2)COC3)c1. The van der Waals surface area contributed by atoms with Crippen LogP contribution in [0.15, 0.2) is 42.5 Å². The predicted molar refractivity (Wildman–Crippen MR) is 85.2 cm³/mol. The molecule has 0 spiro atoms. The zero-order valence-corrected chi connectivity index (χ0v) is 12.1. The van der Waals surface area contributed by atoms with Gasteiger partial charge in [-0.05, 0) is 35.4 Å². The van der Waals surface area contributed by atoms with Gasteiger partial charge >= 0.3 is 0 Å². The molecule has 21 heavy (non-hydrogen) atoms. The van der Waals surface area contributed by atoms with E-state index in [-0.39, 0.29) is 5.91 Å². The molecule has 5 heteroatoms. The molecule has 0 aromatic heterocycles. The van der Waals surface area contributed by atoms with Gasteiger partial charge in [0.15, 0.2) is 0 Å². The first-order chi connectivity index (χ1) is 10.1. The molecule has 4 nitrogen and oxygen atoms in total. The number of amides is 1. The van der Waals surface area contributed by atoms with Crippen LogP contribution in [-0.2, 0) is 18.0 Å². The summed E-state index contributed by atoms with van der Waals surface area (Å²) in [7, 11) is 0. The van der Waals surface area contributed by atoms with Gasteiger partial charge in [0.25, 0.3) is 5.91 Å². The Hall–Kier alpha value is -2.24. The zero-order valence-electron chi connectivity index (χ0n) is 11.3. The number of thiocarbonyl (C=S) groups is 1. The molecule has 1 aliphatic heterocycles. The number of nitrogens with one attached hydrogen (secondary N) is 1. The molecule has 0 radical (unpaired) electrons. The van der Waals surface area contributed by atoms with Crippen molar-refractivity contribution in [2.45, 2.75) is 13.2 Å². The maximum atomic E-state index is 12.3. The minimum Gasteiger partial charge on any atom is -0.389 e. The van der Waals surface area contributed by atoms with Crippen LogP contribution in [0.25, 0.3) is 0 Å². The van der Waals surface area contributed by atoms with Crippen molar-refractivity contribution in [1.82, 2.24) is 0 Å². The number of nitrogens with two attached hydrogens (primary N) is 1. The molecule has 1 amide bonds. The van der Waals surface area contributed by atoms with Crippen molar-refractivity contribution >= 4 is 28.8 Å². The molecule has 1 aliphatic rings. The summed E-state index contributed by atoms with van der Waals surface area (Å²) in [5.74, 6) is -0.162. The van der Waals surface area contributed by atoms with Gasteiger partial charge in [-0.25, -0.2) is 0 Å². The van der Waals surface area contributed by atoms with Crippen LogP contribution < -0.4 is 11.1 Å². The van der Waals surface area contributed by atoms with Crippen LogP contribution in [0.4, 0.5) is 5.69 Å². The van der Waals surface area contributed by atoms with Crippen molar-refractivity contribution < 1.29 is 9.53 Å². The molecule has 3 N–H and O–H groups in total. The number of hydrogen-bond donors (Lipinski definition) is 2. The summed E-state index contributed by atoms with van der Waals surface area (Å²) >= 11 is 4.93. The van der Waals surface area contributed by atoms with E-state index < -0.39 is 0 Å². The van der Waals surface area contributed by atoms with Crippen LogP contribution in [0.3, 0.4) is 0 Å². The summed E-state index contributed by atoms with van der Waals surface area (Å²) in [6.07, 6.45) is 0. The van der Waals surface area contributed by atoms with Gasteiger partial charge in [-0.1, -0.05) is 30.4 Å². The van der Waals surface area contributed by atoms with E-state index in [4.69, 9.17) is 22.7 Å². The summed E-state index contributed by atoms with van der Waals surface area (Å²) in [5.41, 5.74) is 9.81. The first-order valence-electron chi connectivity index (χ1n) is 6.54. The van der Waals surface area contributed by atoms with E-state index in [9.17, 15) is 4.79 Å². The highest BCUT2D eigenvalue weighted by Gasteiger charge is 2.14. The number of ether oxygens (including phenoxy) is 1. The normalized spacial score (nSPS) is 12.8. The van der Waals surface area contributed by atoms with Crippen molar-refractivity contribution in [1.29, 1.82) is 0 Å². The third kappa shape index (κ3) is 2.94. The molecule has 3 rings (SSSR count). The molecular formula is C16H14N2O2S. The Kier molecular flexibility index (Phi) is 3.68. The highest BCUT2D eigenvalue weighted by molar-refractivity contribution is 7.80. The van der Waals surface area contributed by atoms with E-state index in [1.807, 2.05) is 18.2 Å². The summed E-state index contributed by atoms with van der Waals surface area (Å²) < 4.78 is 5.35. The second kappa shape index (κ2) is 5.63. The second-order valence-electron chi connectivity index (χ2n) is 4.88. The molecule has 2 aromatic carbocycles. The first kappa shape index (κ1) is 13.7. The van der Waals surface area contributed by atoms with Crippen molar-refractivity contribution in [3.05, 3.63) is 64.7 Å². The van der Waals surface area contributed by atoms with Gasteiger partial charge in [0.2, 0.25) is 0 Å². The lowest BCUT2D eigenvalue weighted by atomic mass is 10.1. The van der Waals surface area contributed by atoms with Gasteiger partial charge in [0, 0.05) is 16.8 Å². The third-order valence-corrected chi connectivity index (χ3v) is 3.62. The van der Waals surface area contributed by atoms with Gasteiger partial charge in [-0.2, -0.15) is 0 Å². The zero-order chi connectivity index (χ0) is 14.8. The average Bonchev–Trinajstić information content (AvgIpc) is 2.94. The Morgan fingerprint density at radius 3 is 2.71 bits per heavy atom. The van der Waals surface area contributed by atoms with E-state index in [1.54, 1.807) is 24.3 Å². The number of hydrogen-bond acceptors (Lipinski definition) is 3. The van der Waals surface area contributed by atoms with Crippen LogP contribution in [0.5, 0.6) is 0 Å². The van der Waals surface area contributed by atoms with E-state index in [2.05, 4.69) is 5.32 Å². The van der Waals surface area contributed by atoms with Gasteiger partial charge in [0.1, 0.15) is 4.99 Å². The molecule has 0 aliphatic carbocycles. The number of carbonyl (C=O) groups excluding carboxylic acids is 1. The Morgan fingerprint density at radius 1 is 1.10 bits per heavy atom. The molecule has 1 heterocycles. The fourth-order valence-corrected chi connectivity index (χ4v) is 2.39. The van der Waals surface area contributed by atoms with Gasteiger partial charge in [-0.3, -0.25) is 4.79 Å². The van der Waals surface area contributed by atoms with Gasteiger partial charge < -0.3 is 15.8 Å². The third-order valence-electron chi connectivity index (χ3n) is 3.39. The summed E-state index contributed by atoms with van der Waals surface area (Å²) in [4.78, 5) is 12.6. The Bertz CT molecular complexity index is 728. The van der Waals surface area contributed by atoms with Crippen LogP contribution in [0.1, 0.15) is 27.0 Å². The molecule has 0 unspecified atom stereocenters. The average molecular weight is 298 g/mol. The molecule has 0 saturated heterocycles. The minimum atomic E-state index is -0.162. The van der Waals surface area contributed by atoms with E-state index >= 15 is 0 Å². The molecule has 0 saturated carbocycles. The van der Waals surface area contributed by atoms with Crippen molar-refractivity contribution in [3.63, 3.8) is 0 Å². The smallest absolute Gasteiger partial charge is 0.255 e. The van der Waals surface area contributed by atoms with Gasteiger partial charge in [0.05, 0.1) is 13.2 Å². The highest BCUT2D eigenvalue weighted by Crippen LogP contribution is 2.21. The molecule has 106 valence electrons. The minimum absolute atomic E-state index is 0.162. The number of benzene rings is 2. The Balaban J connectivity index is 1.80. The van der Waals surface area contributed by atoms with Crippen LogP contribution in [0, 0.1) is 0 Å². The number of anilines is 1. The van der Waals surface area contributed by atoms with Crippen molar-refractivity contribution in [2.75, 3.05) is 5.32 Å². The number of carbonyl (C=O) groups is 1. The Labute approximate surface area is 127 Å². The summed E-state index contributed by atoms with van der Waals surface area (Å²) in [6.45, 7) is 1.18. The molecular weight excluding hydrogens is 284 g/mol. The molecule has 0 bridgehead atoms. The van der Waals surface area contributed by atoms with E-state index in [1.165, 1.54) is 0 Å². The lowest BCUT2D eigenvalue weighted by molar-refractivity contribution is 0.102. The fraction of sp³-hybridized carbons (Fsp3) is 0.125. The highest BCUT2D eigenvalue weighted by atomic mass is 32.1. The Morgan fingerprint density at radius 2 is 1.90 bits per heavy atom. The van der Waals surface area contributed by atoms with Gasteiger partial charge in [-0.15, -0.1) is 0 Å². The molecule has 0 atom stereocenters. The largest absolute Gasteiger partial charge is 0.389 e. The monoisotopic (exact) mass is 298 g/mol. The quantitative estimate of drug-likeness (QED) is 0.855. The lowest BCUT2D eigenvalue weighted by Crippen LogP contribution is -2.14. The van der Waals surface area contributed by atoms with Crippen LogP contribution >= 0.6 is 12.2 Å². The van der Waals surface area contributed by atoms with Crippen LogP contribution in [0.2, 0.25) is 0 Å². The van der Waals surface area contributed by atoms with Crippen molar-refractivity contribution in [2.24, 2.45) is 5.73 Å². The van der Waals surface area contributed by atoms with E-state index in [0.717, 1.165) is 16.7 Å². The molecule has 2 aromatic rings. The second-order valence-corrected chi connectivity index (χ2v) is 5.32. The standard InChI is InChI=1S/C16H14N2O2S/c17-15(21)10-2-1-3-14(7-10)18-16(19)11-4-5-12-8-20-9-13(12)6-11/h1-7H,8-9H2,(H2,17,21)(H,18,19). The predicted octanol–water partition coefficient (Wildman–Crippen LogP) is 2.60. The maximum absolute atomic E-state index is 12.3. The maximum Gasteiger partial charge on any atom is 0.255 e. The van der Waals surface area contributed by atoms with Crippen molar-refractivity contribution in [3.8, 4) is 0 Å². The number of fused-ring (bicyclic) bond motifs is 1. The fourth-order valence-electron chi connectivity index (χ4n) is 2.27.